The highest BCUT2D eigenvalue weighted by Crippen LogP contribution is 2.35. The van der Waals surface area contributed by atoms with E-state index in [1.165, 1.54) is 11.3 Å². The van der Waals surface area contributed by atoms with Crippen LogP contribution < -0.4 is 24.4 Å². The molecule has 0 spiro atoms. The molecular formula is C33H28N2O5S. The van der Waals surface area contributed by atoms with Gasteiger partial charge in [-0.1, -0.05) is 84.0 Å². The van der Waals surface area contributed by atoms with Crippen molar-refractivity contribution in [1.82, 2.24) is 4.57 Å². The van der Waals surface area contributed by atoms with Crippen molar-refractivity contribution in [2.75, 3.05) is 19.8 Å². The number of carbonyl (C=O) groups is 1. The number of nitrogens with zero attached hydrogens (tertiary/aromatic N) is 2. The number of thiazole rings is 1. The van der Waals surface area contributed by atoms with Gasteiger partial charge in [0.15, 0.2) is 16.3 Å². The highest BCUT2D eigenvalue weighted by molar-refractivity contribution is 7.07. The van der Waals surface area contributed by atoms with Crippen molar-refractivity contribution >= 4 is 29.1 Å². The lowest BCUT2D eigenvalue weighted by Gasteiger charge is -2.25. The van der Waals surface area contributed by atoms with Gasteiger partial charge in [-0.25, -0.2) is 9.79 Å². The molecule has 1 aliphatic heterocycles. The van der Waals surface area contributed by atoms with Crippen LogP contribution in [0, 0.1) is 12.3 Å². The Morgan fingerprint density at radius 3 is 2.41 bits per heavy atom. The van der Waals surface area contributed by atoms with E-state index >= 15 is 0 Å². The molecule has 0 N–H and O–H groups in total. The Hall–Kier alpha value is -4.87. The molecule has 1 atom stereocenters. The summed E-state index contributed by atoms with van der Waals surface area (Å²) in [7, 11) is 0. The van der Waals surface area contributed by atoms with Gasteiger partial charge in [-0.05, 0) is 43.2 Å². The molecule has 7 nitrogen and oxygen atoms in total. The third-order valence-electron chi connectivity index (χ3n) is 6.37. The van der Waals surface area contributed by atoms with Crippen molar-refractivity contribution in [3.63, 3.8) is 0 Å². The van der Waals surface area contributed by atoms with Gasteiger partial charge in [-0.15, -0.1) is 6.42 Å². The molecule has 8 heteroatoms. The first-order valence-electron chi connectivity index (χ1n) is 13.2. The highest BCUT2D eigenvalue weighted by atomic mass is 32.1. The summed E-state index contributed by atoms with van der Waals surface area (Å²) in [5, 5.41) is 0. The number of carbonyl (C=O) groups excluding carboxylic acids is 1. The number of terminal acetylenes is 1. The number of hydrogen-bond acceptors (Lipinski definition) is 7. The van der Waals surface area contributed by atoms with Crippen LogP contribution in [0.4, 0.5) is 0 Å². The minimum absolute atomic E-state index is 0.115. The standard InChI is InChI=1S/C33H28N2O5S/c1-4-19-40-25-18-17-22(20-26(25)38-5-2)21-27-31(36)35-30(24-15-11-8-12-16-24)28(32(37)39-6-3)29(34-33(35)41-27)23-13-9-7-10-14-23/h1,7-18,20-21,30H,5-6,19H2,2-3H3/b27-21-/t30-/m1/s1. The van der Waals surface area contributed by atoms with Gasteiger partial charge >= 0.3 is 5.97 Å². The number of aromatic nitrogens is 1. The van der Waals surface area contributed by atoms with Gasteiger partial charge in [-0.2, -0.15) is 0 Å². The summed E-state index contributed by atoms with van der Waals surface area (Å²) < 4.78 is 18.9. The summed E-state index contributed by atoms with van der Waals surface area (Å²) in [6.07, 6.45) is 7.13. The smallest absolute Gasteiger partial charge is 0.338 e. The van der Waals surface area contributed by atoms with Gasteiger partial charge < -0.3 is 14.2 Å². The third kappa shape index (κ3) is 5.72. The molecule has 3 aromatic carbocycles. The summed E-state index contributed by atoms with van der Waals surface area (Å²) in [6, 6.07) is 23.6. The monoisotopic (exact) mass is 564 g/mol. The Bertz CT molecular complexity index is 1820. The molecule has 5 rings (SSSR count). The molecule has 0 fully saturated rings. The van der Waals surface area contributed by atoms with Gasteiger partial charge in [-0.3, -0.25) is 9.36 Å². The molecule has 0 saturated heterocycles. The van der Waals surface area contributed by atoms with Crippen LogP contribution in [0.15, 0.2) is 94.2 Å². The SMILES string of the molecule is C#CCOc1ccc(/C=c2\sc3n(c2=O)[C@H](c2ccccc2)C(C(=O)OCC)=C(c2ccccc2)N=3)cc1OCC. The van der Waals surface area contributed by atoms with Crippen LogP contribution in [0.1, 0.15) is 36.6 Å². The van der Waals surface area contributed by atoms with Gasteiger partial charge in [0, 0.05) is 5.56 Å². The predicted molar refractivity (Wildman–Crippen MR) is 159 cm³/mol. The first kappa shape index (κ1) is 27.7. The molecule has 2 heterocycles. The van der Waals surface area contributed by atoms with E-state index < -0.39 is 12.0 Å². The summed E-state index contributed by atoms with van der Waals surface area (Å²) in [4.78, 5) is 32.9. The van der Waals surface area contributed by atoms with Crippen molar-refractivity contribution in [2.24, 2.45) is 4.99 Å². The molecule has 0 saturated carbocycles. The average molecular weight is 565 g/mol. The van der Waals surface area contributed by atoms with Crippen molar-refractivity contribution < 1.29 is 19.0 Å². The molecular weight excluding hydrogens is 536 g/mol. The first-order chi connectivity index (χ1) is 20.0. The van der Waals surface area contributed by atoms with Crippen LogP contribution >= 0.6 is 11.3 Å². The zero-order valence-corrected chi connectivity index (χ0v) is 23.5. The molecule has 41 heavy (non-hydrogen) atoms. The van der Waals surface area contributed by atoms with Gasteiger partial charge in [0.1, 0.15) is 6.61 Å². The normalized spacial score (nSPS) is 14.6. The van der Waals surface area contributed by atoms with Crippen molar-refractivity contribution in [3.8, 4) is 23.8 Å². The van der Waals surface area contributed by atoms with Gasteiger partial charge in [0.05, 0.1) is 35.1 Å². The number of benzene rings is 3. The number of hydrogen-bond donors (Lipinski definition) is 0. The van der Waals surface area contributed by atoms with Crippen molar-refractivity contribution in [3.05, 3.63) is 121 Å². The van der Waals surface area contributed by atoms with Crippen molar-refractivity contribution in [1.29, 1.82) is 0 Å². The molecule has 1 aliphatic rings. The van der Waals surface area contributed by atoms with Gasteiger partial charge in [0.2, 0.25) is 0 Å². The van der Waals surface area contributed by atoms with E-state index in [9.17, 15) is 9.59 Å². The van der Waals surface area contributed by atoms with Crippen LogP contribution in [-0.2, 0) is 9.53 Å². The molecule has 0 radical (unpaired) electrons. The van der Waals surface area contributed by atoms with E-state index in [2.05, 4.69) is 5.92 Å². The Morgan fingerprint density at radius 1 is 1.00 bits per heavy atom. The lowest BCUT2D eigenvalue weighted by Crippen LogP contribution is -2.39. The molecule has 0 unspecified atom stereocenters. The average Bonchev–Trinajstić information content (AvgIpc) is 3.31. The zero-order chi connectivity index (χ0) is 28.8. The fraction of sp³-hybridized carbons (Fsp3) is 0.182. The van der Waals surface area contributed by atoms with E-state index in [1.807, 2.05) is 79.7 Å². The molecule has 1 aromatic heterocycles. The Kier molecular flexibility index (Phi) is 8.47. The van der Waals surface area contributed by atoms with E-state index in [-0.39, 0.29) is 18.8 Å². The predicted octanol–water partition coefficient (Wildman–Crippen LogP) is 4.35. The van der Waals surface area contributed by atoms with Crippen LogP contribution in [-0.4, -0.2) is 30.4 Å². The fourth-order valence-electron chi connectivity index (χ4n) is 4.66. The minimum Gasteiger partial charge on any atom is -0.490 e. The molecule has 0 bridgehead atoms. The first-order valence-corrected chi connectivity index (χ1v) is 14.0. The summed E-state index contributed by atoms with van der Waals surface area (Å²) in [5.74, 6) is 3.00. The largest absolute Gasteiger partial charge is 0.490 e. The maximum Gasteiger partial charge on any atom is 0.338 e. The summed E-state index contributed by atoms with van der Waals surface area (Å²) >= 11 is 1.26. The second-order valence-corrected chi connectivity index (χ2v) is 9.98. The Labute approximate surface area is 241 Å². The molecule has 0 amide bonds. The second kappa shape index (κ2) is 12.5. The third-order valence-corrected chi connectivity index (χ3v) is 7.35. The van der Waals surface area contributed by atoms with E-state index in [4.69, 9.17) is 25.6 Å². The zero-order valence-electron chi connectivity index (χ0n) is 22.7. The van der Waals surface area contributed by atoms with Crippen LogP contribution in [0.5, 0.6) is 11.5 Å². The number of fused-ring (bicyclic) bond motifs is 1. The van der Waals surface area contributed by atoms with Crippen LogP contribution in [0.25, 0.3) is 11.8 Å². The highest BCUT2D eigenvalue weighted by Gasteiger charge is 2.35. The fourth-order valence-corrected chi connectivity index (χ4v) is 5.66. The van der Waals surface area contributed by atoms with E-state index in [1.54, 1.807) is 23.6 Å². The van der Waals surface area contributed by atoms with Crippen LogP contribution in [0.2, 0.25) is 0 Å². The number of rotatable bonds is 9. The summed E-state index contributed by atoms with van der Waals surface area (Å²) in [5.41, 5.74) is 2.83. The van der Waals surface area contributed by atoms with Crippen molar-refractivity contribution in [2.45, 2.75) is 19.9 Å². The van der Waals surface area contributed by atoms with E-state index in [0.29, 0.717) is 38.7 Å². The summed E-state index contributed by atoms with van der Waals surface area (Å²) in [6.45, 7) is 4.38. The van der Waals surface area contributed by atoms with Gasteiger partial charge in [0.25, 0.3) is 5.56 Å². The number of esters is 1. The lowest BCUT2D eigenvalue weighted by atomic mass is 9.93. The number of ether oxygens (including phenoxy) is 3. The van der Waals surface area contributed by atoms with E-state index in [0.717, 1.165) is 16.7 Å². The minimum atomic E-state index is -0.720. The maximum absolute atomic E-state index is 14.0. The molecule has 4 aromatic rings. The van der Waals surface area contributed by atoms with Crippen LogP contribution in [0.3, 0.4) is 0 Å². The topological polar surface area (TPSA) is 79.1 Å². The Balaban J connectivity index is 1.73. The second-order valence-electron chi connectivity index (χ2n) is 8.97. The molecule has 206 valence electrons. The molecule has 0 aliphatic carbocycles. The Morgan fingerprint density at radius 2 is 1.73 bits per heavy atom. The quantitative estimate of drug-likeness (QED) is 0.223. The lowest BCUT2D eigenvalue weighted by molar-refractivity contribution is -0.138. The maximum atomic E-state index is 14.0.